The summed E-state index contributed by atoms with van der Waals surface area (Å²) in [6, 6.07) is 18.2. The normalized spacial score (nSPS) is 10.9. The number of carbonyl (C=O) groups is 1. The van der Waals surface area contributed by atoms with E-state index < -0.39 is 11.8 Å². The third kappa shape index (κ3) is 3.70. The zero-order chi connectivity index (χ0) is 21.4. The number of rotatable bonds is 4. The molecule has 0 unspecified atom stereocenters. The Hall–Kier alpha value is -3.15. The number of imidazole rings is 1. The van der Waals surface area contributed by atoms with Gasteiger partial charge in [-0.1, -0.05) is 65.2 Å². The third-order valence-electron chi connectivity index (χ3n) is 4.64. The Balaban J connectivity index is 2.14. The number of carboxylic acid groups (broad SMARTS) is 1. The highest BCUT2D eigenvalue weighted by Gasteiger charge is 2.26. The molecule has 0 radical (unpaired) electrons. The third-order valence-corrected chi connectivity index (χ3v) is 5.11. The molecule has 30 heavy (non-hydrogen) atoms. The second-order valence-corrected chi connectivity index (χ2v) is 7.62. The van der Waals surface area contributed by atoms with E-state index in [2.05, 4.69) is 4.98 Å². The quantitative estimate of drug-likeness (QED) is 0.385. The highest BCUT2D eigenvalue weighted by molar-refractivity contribution is 6.31. The van der Waals surface area contributed by atoms with Crippen LogP contribution in [0.5, 0.6) is 0 Å². The molecule has 4 nitrogen and oxygen atoms in total. The molecule has 7 heteroatoms. The van der Waals surface area contributed by atoms with Crippen LogP contribution in [0.4, 0.5) is 4.39 Å². The highest BCUT2D eigenvalue weighted by Crippen LogP contribution is 2.36. The van der Waals surface area contributed by atoms with Crippen LogP contribution in [-0.2, 0) is 0 Å². The predicted molar refractivity (Wildman–Crippen MR) is 116 cm³/mol. The molecule has 0 atom stereocenters. The average molecular weight is 441 g/mol. The van der Waals surface area contributed by atoms with Crippen LogP contribution in [0.2, 0.25) is 10.0 Å². The van der Waals surface area contributed by atoms with Crippen LogP contribution >= 0.6 is 23.2 Å². The van der Waals surface area contributed by atoms with Gasteiger partial charge in [-0.15, -0.1) is 0 Å². The number of halogens is 3. The molecule has 0 saturated heterocycles. The van der Waals surface area contributed by atoms with Gasteiger partial charge in [0.05, 0.1) is 11.4 Å². The van der Waals surface area contributed by atoms with Crippen LogP contribution in [0.3, 0.4) is 0 Å². The van der Waals surface area contributed by atoms with Gasteiger partial charge in [-0.3, -0.25) is 4.57 Å². The summed E-state index contributed by atoms with van der Waals surface area (Å²) in [5.41, 5.74) is 2.24. The number of hydrogen-bond donors (Lipinski definition) is 1. The minimum absolute atomic E-state index is 0.0908. The van der Waals surface area contributed by atoms with Crippen molar-refractivity contribution in [3.8, 4) is 28.3 Å². The number of hydrogen-bond acceptors (Lipinski definition) is 2. The molecule has 1 aromatic heterocycles. The van der Waals surface area contributed by atoms with E-state index in [0.29, 0.717) is 21.2 Å². The molecule has 150 valence electrons. The van der Waals surface area contributed by atoms with E-state index in [0.717, 1.165) is 5.56 Å². The second kappa shape index (κ2) is 7.94. The predicted octanol–water partition coefficient (Wildman–Crippen LogP) is 6.66. The first-order valence-corrected chi connectivity index (χ1v) is 9.75. The van der Waals surface area contributed by atoms with Gasteiger partial charge in [0.2, 0.25) is 0 Å². The molecule has 0 bridgehead atoms. The van der Waals surface area contributed by atoms with E-state index in [-0.39, 0.29) is 22.9 Å². The van der Waals surface area contributed by atoms with Gasteiger partial charge >= 0.3 is 5.97 Å². The highest BCUT2D eigenvalue weighted by atomic mass is 35.5. The van der Waals surface area contributed by atoms with Gasteiger partial charge in [-0.25, -0.2) is 14.2 Å². The Morgan fingerprint density at radius 3 is 2.33 bits per heavy atom. The molecule has 1 heterocycles. The topological polar surface area (TPSA) is 55.1 Å². The molecule has 0 aliphatic rings. The summed E-state index contributed by atoms with van der Waals surface area (Å²) in [7, 11) is 0. The average Bonchev–Trinajstić information content (AvgIpc) is 3.11. The lowest BCUT2D eigenvalue weighted by Gasteiger charge is -2.14. The molecular formula is C23H15Cl2FN2O2. The summed E-state index contributed by atoms with van der Waals surface area (Å²) in [6.07, 6.45) is 0. The fraction of sp³-hybridized carbons (Fsp3) is 0.0435. The Morgan fingerprint density at radius 2 is 1.67 bits per heavy atom. The number of aromatic nitrogens is 2. The summed E-state index contributed by atoms with van der Waals surface area (Å²) in [5, 5.41) is 10.6. The molecule has 4 aromatic rings. The van der Waals surface area contributed by atoms with Crippen LogP contribution in [0.15, 0.2) is 66.7 Å². The van der Waals surface area contributed by atoms with E-state index in [1.807, 2.05) is 31.2 Å². The Morgan fingerprint density at radius 1 is 0.967 bits per heavy atom. The first-order valence-electron chi connectivity index (χ1n) is 8.99. The maximum Gasteiger partial charge on any atom is 0.356 e. The lowest BCUT2D eigenvalue weighted by molar-refractivity contribution is 0.0692. The maximum absolute atomic E-state index is 14.9. The molecule has 4 rings (SSSR count). The van der Waals surface area contributed by atoms with Crippen molar-refractivity contribution in [3.05, 3.63) is 93.8 Å². The van der Waals surface area contributed by atoms with Crippen molar-refractivity contribution in [3.63, 3.8) is 0 Å². The molecular weight excluding hydrogens is 426 g/mol. The van der Waals surface area contributed by atoms with Gasteiger partial charge in [0, 0.05) is 21.2 Å². The largest absolute Gasteiger partial charge is 0.476 e. The van der Waals surface area contributed by atoms with E-state index >= 15 is 0 Å². The molecule has 0 amide bonds. The smallest absolute Gasteiger partial charge is 0.356 e. The van der Waals surface area contributed by atoms with E-state index in [4.69, 9.17) is 23.2 Å². The fourth-order valence-corrected chi connectivity index (χ4v) is 3.62. The van der Waals surface area contributed by atoms with Crippen molar-refractivity contribution in [2.24, 2.45) is 0 Å². The second-order valence-electron chi connectivity index (χ2n) is 6.75. The van der Waals surface area contributed by atoms with Crippen molar-refractivity contribution >= 4 is 29.2 Å². The van der Waals surface area contributed by atoms with Crippen LogP contribution < -0.4 is 0 Å². The molecule has 1 N–H and O–H groups in total. The summed E-state index contributed by atoms with van der Waals surface area (Å²) in [4.78, 5) is 16.5. The lowest BCUT2D eigenvalue weighted by Crippen LogP contribution is -2.05. The molecule has 3 aromatic carbocycles. The Kier molecular flexibility index (Phi) is 5.33. The van der Waals surface area contributed by atoms with E-state index in [1.54, 1.807) is 24.3 Å². The zero-order valence-electron chi connectivity index (χ0n) is 15.7. The van der Waals surface area contributed by atoms with Crippen molar-refractivity contribution in [1.82, 2.24) is 9.55 Å². The van der Waals surface area contributed by atoms with Crippen molar-refractivity contribution in [2.45, 2.75) is 6.92 Å². The summed E-state index contributed by atoms with van der Waals surface area (Å²) >= 11 is 12.3. The molecule has 0 saturated carbocycles. The summed E-state index contributed by atoms with van der Waals surface area (Å²) in [6.45, 7) is 1.94. The van der Waals surface area contributed by atoms with E-state index in [9.17, 15) is 14.3 Å². The fourth-order valence-electron chi connectivity index (χ4n) is 3.26. The Labute approximate surface area is 182 Å². The van der Waals surface area contributed by atoms with Gasteiger partial charge in [0.15, 0.2) is 5.69 Å². The van der Waals surface area contributed by atoms with Gasteiger partial charge < -0.3 is 5.11 Å². The van der Waals surface area contributed by atoms with Crippen LogP contribution in [0.1, 0.15) is 16.1 Å². The summed E-state index contributed by atoms with van der Waals surface area (Å²) in [5.74, 6) is -1.52. The monoisotopic (exact) mass is 440 g/mol. The maximum atomic E-state index is 14.9. The van der Waals surface area contributed by atoms with Crippen LogP contribution in [-0.4, -0.2) is 20.6 Å². The molecule has 0 aliphatic heterocycles. The summed E-state index contributed by atoms with van der Waals surface area (Å²) < 4.78 is 16.4. The lowest BCUT2D eigenvalue weighted by atomic mass is 10.1. The standard InChI is InChI=1S/C23H15Cl2FN2O2/c1-13-5-7-14(8-6-13)22-27-20(23(29)30)21(15-3-2-4-16(24)11-15)28(22)19-12-17(25)9-10-18(19)26/h2-12H,1H3,(H,29,30). The van der Waals surface area contributed by atoms with Crippen molar-refractivity contribution in [1.29, 1.82) is 0 Å². The van der Waals surface area contributed by atoms with Crippen molar-refractivity contribution in [2.75, 3.05) is 0 Å². The van der Waals surface area contributed by atoms with Gasteiger partial charge in [-0.05, 0) is 37.3 Å². The van der Waals surface area contributed by atoms with Gasteiger partial charge in [0.1, 0.15) is 11.6 Å². The number of nitrogens with zero attached hydrogens (tertiary/aromatic N) is 2. The minimum atomic E-state index is -1.24. The molecule has 0 spiro atoms. The van der Waals surface area contributed by atoms with Gasteiger partial charge in [0.25, 0.3) is 0 Å². The molecule has 0 aliphatic carbocycles. The van der Waals surface area contributed by atoms with E-state index in [1.165, 1.54) is 22.8 Å². The van der Waals surface area contributed by atoms with Crippen molar-refractivity contribution < 1.29 is 14.3 Å². The first kappa shape index (κ1) is 20.1. The van der Waals surface area contributed by atoms with Gasteiger partial charge in [-0.2, -0.15) is 0 Å². The minimum Gasteiger partial charge on any atom is -0.476 e. The molecule has 0 fully saturated rings. The first-order chi connectivity index (χ1) is 14.3. The number of aryl methyl sites for hydroxylation is 1. The SMILES string of the molecule is Cc1ccc(-c2nc(C(=O)O)c(-c3cccc(Cl)c3)n2-c2cc(Cl)ccc2F)cc1. The van der Waals surface area contributed by atoms with Crippen LogP contribution in [0.25, 0.3) is 28.3 Å². The zero-order valence-corrected chi connectivity index (χ0v) is 17.2. The number of benzene rings is 3. The Bertz CT molecular complexity index is 1270. The number of carboxylic acids is 1. The van der Waals surface area contributed by atoms with Crippen LogP contribution in [0, 0.1) is 12.7 Å². The number of aromatic carboxylic acids is 1.